The first kappa shape index (κ1) is 13.5. The lowest BCUT2D eigenvalue weighted by molar-refractivity contribution is -0.174. The number of aryl methyl sites for hydroxylation is 1. The average molecular weight is 245 g/mol. The van der Waals surface area contributed by atoms with Gasteiger partial charge in [0, 0.05) is 0 Å². The van der Waals surface area contributed by atoms with E-state index in [1.807, 2.05) is 24.4 Å². The molecule has 17 heavy (non-hydrogen) atoms. The summed E-state index contributed by atoms with van der Waals surface area (Å²) in [5.41, 5.74) is 1.75. The summed E-state index contributed by atoms with van der Waals surface area (Å²) in [6.45, 7) is 3.51. The van der Waals surface area contributed by atoms with Gasteiger partial charge in [0.15, 0.2) is 0 Å². The molecule has 0 heterocycles. The molecule has 2 nitrogen and oxygen atoms in total. The lowest BCUT2D eigenvalue weighted by Gasteiger charge is -2.15. The number of benzene rings is 1. The molecule has 1 atom stereocenters. The van der Waals surface area contributed by atoms with E-state index in [0.29, 0.717) is 5.56 Å². The quantitative estimate of drug-likeness (QED) is 0.871. The number of hydrogen-bond acceptors (Lipinski definition) is 1. The molecule has 1 N–H and O–H groups in total. The van der Waals surface area contributed by atoms with Gasteiger partial charge in [-0.1, -0.05) is 31.2 Å². The van der Waals surface area contributed by atoms with E-state index in [-0.39, 0.29) is 0 Å². The minimum absolute atomic E-state index is 0.653. The van der Waals surface area contributed by atoms with E-state index in [4.69, 9.17) is 0 Å². The Hall–Kier alpha value is -1.52. The fourth-order valence-corrected chi connectivity index (χ4v) is 1.40. The Morgan fingerprint density at radius 1 is 1.29 bits per heavy atom. The number of amides is 1. The van der Waals surface area contributed by atoms with Crippen molar-refractivity contribution in [3.63, 3.8) is 0 Å². The molecular formula is C12H14F3NO. The topological polar surface area (TPSA) is 29.1 Å². The van der Waals surface area contributed by atoms with Crippen molar-refractivity contribution in [2.45, 2.75) is 32.5 Å². The number of carbonyl (C=O) groups excluding carboxylic acids is 1. The van der Waals surface area contributed by atoms with Gasteiger partial charge in [-0.2, -0.15) is 13.2 Å². The second-order valence-electron chi connectivity index (χ2n) is 3.79. The largest absolute Gasteiger partial charge is 0.471 e. The summed E-state index contributed by atoms with van der Waals surface area (Å²) in [5, 5.41) is 1.91. The van der Waals surface area contributed by atoms with Gasteiger partial charge >= 0.3 is 12.1 Å². The lowest BCUT2D eigenvalue weighted by atomic mass is 10.1. The molecule has 0 aliphatic carbocycles. The van der Waals surface area contributed by atoms with Crippen LogP contribution in [0.3, 0.4) is 0 Å². The van der Waals surface area contributed by atoms with Gasteiger partial charge in [-0.3, -0.25) is 4.79 Å². The highest BCUT2D eigenvalue weighted by molar-refractivity contribution is 5.82. The fourth-order valence-electron chi connectivity index (χ4n) is 1.40. The smallest absolute Gasteiger partial charge is 0.342 e. The molecule has 0 saturated heterocycles. The molecule has 1 amide bonds. The minimum atomic E-state index is -4.84. The Morgan fingerprint density at radius 2 is 1.82 bits per heavy atom. The molecule has 0 fully saturated rings. The van der Waals surface area contributed by atoms with Gasteiger partial charge in [-0.25, -0.2) is 0 Å². The van der Waals surface area contributed by atoms with Gasteiger partial charge < -0.3 is 5.32 Å². The van der Waals surface area contributed by atoms with Crippen molar-refractivity contribution in [1.29, 1.82) is 0 Å². The van der Waals surface area contributed by atoms with Crippen LogP contribution in [-0.2, 0) is 11.2 Å². The van der Waals surface area contributed by atoms with Gasteiger partial charge in [0.25, 0.3) is 0 Å². The molecule has 0 aromatic heterocycles. The molecule has 0 bridgehead atoms. The Kier molecular flexibility index (Phi) is 4.15. The number of nitrogens with one attached hydrogen (secondary N) is 1. The van der Waals surface area contributed by atoms with E-state index in [2.05, 4.69) is 0 Å². The normalized spacial score (nSPS) is 13.2. The van der Waals surface area contributed by atoms with Crippen molar-refractivity contribution in [2.24, 2.45) is 0 Å². The summed E-state index contributed by atoms with van der Waals surface area (Å²) in [6, 6.07) is 6.47. The zero-order valence-electron chi connectivity index (χ0n) is 9.64. The van der Waals surface area contributed by atoms with Crippen LogP contribution in [0.4, 0.5) is 13.2 Å². The van der Waals surface area contributed by atoms with Gasteiger partial charge in [0.1, 0.15) is 0 Å². The van der Waals surface area contributed by atoms with Crippen molar-refractivity contribution < 1.29 is 18.0 Å². The van der Waals surface area contributed by atoms with E-state index in [1.165, 1.54) is 6.92 Å². The standard InChI is InChI=1S/C12H14F3NO/c1-3-9-4-6-10(7-5-9)8(2)16-11(17)12(13,14)15/h4-8H,3H2,1-2H3,(H,16,17). The molecule has 1 aromatic carbocycles. The highest BCUT2D eigenvalue weighted by Gasteiger charge is 2.39. The monoisotopic (exact) mass is 245 g/mol. The third-order valence-corrected chi connectivity index (χ3v) is 2.49. The van der Waals surface area contributed by atoms with E-state index in [0.717, 1.165) is 12.0 Å². The maximum Gasteiger partial charge on any atom is 0.471 e. The molecule has 1 aromatic rings. The van der Waals surface area contributed by atoms with E-state index in [1.54, 1.807) is 12.1 Å². The van der Waals surface area contributed by atoms with E-state index < -0.39 is 18.1 Å². The van der Waals surface area contributed by atoms with Crippen LogP contribution in [0.1, 0.15) is 31.0 Å². The highest BCUT2D eigenvalue weighted by Crippen LogP contribution is 2.19. The van der Waals surface area contributed by atoms with Crippen LogP contribution in [-0.4, -0.2) is 12.1 Å². The second-order valence-corrected chi connectivity index (χ2v) is 3.79. The van der Waals surface area contributed by atoms with Crippen molar-refractivity contribution >= 4 is 5.91 Å². The maximum atomic E-state index is 12.0. The molecule has 0 spiro atoms. The molecular weight excluding hydrogens is 231 g/mol. The molecule has 0 aliphatic heterocycles. The van der Waals surface area contributed by atoms with E-state index in [9.17, 15) is 18.0 Å². The average Bonchev–Trinajstić information content (AvgIpc) is 2.27. The molecule has 0 saturated carbocycles. The summed E-state index contributed by atoms with van der Waals surface area (Å²) in [5.74, 6) is -1.91. The summed E-state index contributed by atoms with van der Waals surface area (Å²) in [4.78, 5) is 10.7. The van der Waals surface area contributed by atoms with E-state index >= 15 is 0 Å². The summed E-state index contributed by atoms with van der Waals surface area (Å²) < 4.78 is 36.1. The third-order valence-electron chi connectivity index (χ3n) is 2.49. The summed E-state index contributed by atoms with van der Waals surface area (Å²) in [7, 11) is 0. The molecule has 94 valence electrons. The van der Waals surface area contributed by atoms with Crippen LogP contribution < -0.4 is 5.32 Å². The van der Waals surface area contributed by atoms with Crippen LogP contribution >= 0.6 is 0 Å². The molecule has 1 unspecified atom stereocenters. The van der Waals surface area contributed by atoms with Crippen molar-refractivity contribution in [3.05, 3.63) is 35.4 Å². The maximum absolute atomic E-state index is 12.0. The first-order chi connectivity index (χ1) is 7.84. The number of rotatable bonds is 3. The summed E-state index contributed by atoms with van der Waals surface area (Å²) in [6.07, 6.45) is -3.97. The predicted molar refractivity (Wildman–Crippen MR) is 58.4 cm³/mol. The summed E-state index contributed by atoms with van der Waals surface area (Å²) >= 11 is 0. The van der Waals surface area contributed by atoms with Crippen molar-refractivity contribution in [2.75, 3.05) is 0 Å². The first-order valence-corrected chi connectivity index (χ1v) is 5.31. The van der Waals surface area contributed by atoms with Gasteiger partial charge in [-0.15, -0.1) is 0 Å². The fraction of sp³-hybridized carbons (Fsp3) is 0.417. The van der Waals surface area contributed by atoms with Gasteiger partial charge in [0.05, 0.1) is 6.04 Å². The second kappa shape index (κ2) is 5.21. The predicted octanol–water partition coefficient (Wildman–Crippen LogP) is 2.99. The lowest BCUT2D eigenvalue weighted by Crippen LogP contribution is -2.38. The van der Waals surface area contributed by atoms with Crippen LogP contribution in [0.25, 0.3) is 0 Å². The Balaban J connectivity index is 2.70. The minimum Gasteiger partial charge on any atom is -0.342 e. The molecule has 0 aliphatic rings. The van der Waals surface area contributed by atoms with Gasteiger partial charge in [0.2, 0.25) is 0 Å². The van der Waals surface area contributed by atoms with Crippen molar-refractivity contribution in [3.8, 4) is 0 Å². The molecule has 5 heteroatoms. The van der Waals surface area contributed by atoms with Crippen LogP contribution in [0.15, 0.2) is 24.3 Å². The number of hydrogen-bond donors (Lipinski definition) is 1. The first-order valence-electron chi connectivity index (χ1n) is 5.31. The van der Waals surface area contributed by atoms with Crippen LogP contribution in [0.5, 0.6) is 0 Å². The molecule has 1 rings (SSSR count). The SMILES string of the molecule is CCc1ccc(C(C)NC(=O)C(F)(F)F)cc1. The zero-order chi connectivity index (χ0) is 13.1. The number of halogens is 3. The van der Waals surface area contributed by atoms with Gasteiger partial charge in [-0.05, 0) is 24.5 Å². The molecule has 0 radical (unpaired) electrons. The highest BCUT2D eigenvalue weighted by atomic mass is 19.4. The number of alkyl halides is 3. The van der Waals surface area contributed by atoms with Crippen LogP contribution in [0, 0.1) is 0 Å². The third kappa shape index (κ3) is 3.76. The van der Waals surface area contributed by atoms with Crippen LogP contribution in [0.2, 0.25) is 0 Å². The number of carbonyl (C=O) groups is 1. The Bertz CT molecular complexity index is 384. The zero-order valence-corrected chi connectivity index (χ0v) is 9.64. The Labute approximate surface area is 97.8 Å². The Morgan fingerprint density at radius 3 is 2.24 bits per heavy atom. The van der Waals surface area contributed by atoms with Crippen molar-refractivity contribution in [1.82, 2.24) is 5.32 Å².